The molecule has 10 heteroatoms. The molecule has 3 unspecified atom stereocenters. The van der Waals surface area contributed by atoms with Gasteiger partial charge in [-0.25, -0.2) is 47.0 Å². The second-order valence-electron chi connectivity index (χ2n) is 9.58. The molecule has 0 amide bonds. The number of nitrogens with zero attached hydrogens (tertiary/aromatic N) is 6. The molecular weight excluding hydrogens is 376 g/mol. The first-order valence-corrected chi connectivity index (χ1v) is 9.81. The third-order valence-electron chi connectivity index (χ3n) is 8.99. The van der Waals surface area contributed by atoms with Gasteiger partial charge >= 0.3 is 22.8 Å². The maximum absolute atomic E-state index is 13.0. The molecule has 2 aliphatic heterocycles. The fourth-order valence-corrected chi connectivity index (χ4v) is 7.72. The smallest absolute Gasteiger partial charge is 0.246 e. The maximum Gasteiger partial charge on any atom is 0.347 e. The molecule has 6 atom stereocenters. The van der Waals surface area contributed by atoms with Gasteiger partial charge in [0.05, 0.1) is 23.2 Å². The van der Waals surface area contributed by atoms with Gasteiger partial charge in [0, 0.05) is 24.9 Å². The van der Waals surface area contributed by atoms with E-state index in [2.05, 4.69) is 0 Å². The average Bonchev–Trinajstić information content (AvgIpc) is 3.17. The minimum atomic E-state index is -0.712. The SMILES string of the molecule is Cn1c(=O)n2n(c1=O)C1(C)C=C[C@H]3n4c(=O)n(C)c(=O)n4[C@@]4(C)C=CC2C12C[C@]324. The number of aromatic nitrogens is 6. The molecule has 5 aliphatic rings. The molecule has 2 spiro atoms. The third-order valence-corrected chi connectivity index (χ3v) is 8.99. The Morgan fingerprint density at radius 1 is 0.724 bits per heavy atom. The zero-order valence-corrected chi connectivity index (χ0v) is 16.5. The number of hydrogen-bond donors (Lipinski definition) is 0. The zero-order valence-electron chi connectivity index (χ0n) is 16.5. The summed E-state index contributed by atoms with van der Waals surface area (Å²) in [4.78, 5) is 51.9. The van der Waals surface area contributed by atoms with Crippen LogP contribution in [0.25, 0.3) is 0 Å². The van der Waals surface area contributed by atoms with Crippen LogP contribution in [0.1, 0.15) is 32.4 Å². The Morgan fingerprint density at radius 3 is 1.48 bits per heavy atom. The summed E-state index contributed by atoms with van der Waals surface area (Å²) in [5.41, 5.74) is -3.67. The van der Waals surface area contributed by atoms with Gasteiger partial charge in [0.1, 0.15) is 0 Å². The summed E-state index contributed by atoms with van der Waals surface area (Å²) in [5.74, 6) is 0. The number of rotatable bonds is 0. The van der Waals surface area contributed by atoms with Crippen molar-refractivity contribution in [2.45, 2.75) is 43.4 Å². The number of hydrogen-bond acceptors (Lipinski definition) is 4. The fourth-order valence-electron chi connectivity index (χ4n) is 7.72. The van der Waals surface area contributed by atoms with Gasteiger partial charge in [-0.2, -0.15) is 0 Å². The van der Waals surface area contributed by atoms with E-state index < -0.39 is 21.9 Å². The molecule has 29 heavy (non-hydrogen) atoms. The standard InChI is InChI=1S/C19H20N6O4/c1-16-7-5-11-19-9-18(16,19)10(22-12(26)20(3)14(28)24(16)22)6-8-17(19,2)25-15(29)21(4)13(27)23(11)25/h5-8,10-11H,9H2,1-4H3/t10-,11?,16+,17?,18-,19?/m1/s1. The molecule has 0 saturated heterocycles. The van der Waals surface area contributed by atoms with Gasteiger partial charge in [0.15, 0.2) is 0 Å². The van der Waals surface area contributed by atoms with E-state index in [9.17, 15) is 19.2 Å². The van der Waals surface area contributed by atoms with Crippen molar-refractivity contribution in [3.8, 4) is 0 Å². The predicted octanol–water partition coefficient (Wildman–Crippen LogP) is -1.23. The summed E-state index contributed by atoms with van der Waals surface area (Å²) >= 11 is 0. The van der Waals surface area contributed by atoms with Crippen molar-refractivity contribution in [2.24, 2.45) is 24.9 Å². The van der Waals surface area contributed by atoms with E-state index in [1.807, 2.05) is 38.2 Å². The third kappa shape index (κ3) is 1.05. The molecule has 1 saturated carbocycles. The minimum absolute atomic E-state index is 0.293. The molecule has 10 nitrogen and oxygen atoms in total. The highest BCUT2D eigenvalue weighted by Crippen LogP contribution is 2.89. The van der Waals surface area contributed by atoms with E-state index in [1.54, 1.807) is 18.7 Å². The molecule has 0 N–H and O–H groups in total. The van der Waals surface area contributed by atoms with Gasteiger partial charge in [0.2, 0.25) is 0 Å². The Kier molecular flexibility index (Phi) is 2.04. The lowest BCUT2D eigenvalue weighted by Gasteiger charge is -2.46. The molecule has 0 radical (unpaired) electrons. The van der Waals surface area contributed by atoms with Crippen molar-refractivity contribution in [3.63, 3.8) is 0 Å². The van der Waals surface area contributed by atoms with Gasteiger partial charge in [0.25, 0.3) is 0 Å². The van der Waals surface area contributed by atoms with Crippen LogP contribution < -0.4 is 22.8 Å². The highest BCUT2D eigenvalue weighted by molar-refractivity contribution is 5.50. The van der Waals surface area contributed by atoms with Crippen LogP contribution >= 0.6 is 0 Å². The summed E-state index contributed by atoms with van der Waals surface area (Å²) in [6, 6.07) is -0.586. The van der Waals surface area contributed by atoms with Crippen LogP contribution in [-0.2, 0) is 25.2 Å². The monoisotopic (exact) mass is 396 g/mol. The Bertz CT molecular complexity index is 1390. The maximum atomic E-state index is 13.0. The highest BCUT2D eigenvalue weighted by atomic mass is 16.2. The van der Waals surface area contributed by atoms with Gasteiger partial charge in [-0.1, -0.05) is 24.3 Å². The topological polar surface area (TPSA) is 97.9 Å². The van der Waals surface area contributed by atoms with Crippen molar-refractivity contribution >= 4 is 0 Å². The summed E-state index contributed by atoms with van der Waals surface area (Å²) in [5, 5.41) is 0. The number of allylic oxidation sites excluding steroid dienone is 4. The van der Waals surface area contributed by atoms with E-state index >= 15 is 0 Å². The predicted molar refractivity (Wildman–Crippen MR) is 101 cm³/mol. The first-order valence-electron chi connectivity index (χ1n) is 9.81. The van der Waals surface area contributed by atoms with Gasteiger partial charge in [-0.05, 0) is 20.3 Å². The molecule has 0 bridgehead atoms. The van der Waals surface area contributed by atoms with Gasteiger partial charge < -0.3 is 0 Å². The Labute approximate surface area is 163 Å². The molecule has 7 rings (SSSR count). The summed E-state index contributed by atoms with van der Waals surface area (Å²) in [7, 11) is 3.00. The molecule has 3 aliphatic carbocycles. The lowest BCUT2D eigenvalue weighted by molar-refractivity contribution is 0.0918. The quantitative estimate of drug-likeness (QED) is 0.521. The summed E-state index contributed by atoms with van der Waals surface area (Å²) < 4.78 is 8.63. The molecule has 1 fully saturated rings. The van der Waals surface area contributed by atoms with Crippen LogP contribution in [0.15, 0.2) is 43.5 Å². The van der Waals surface area contributed by atoms with Crippen LogP contribution in [0, 0.1) is 10.8 Å². The van der Waals surface area contributed by atoms with Crippen molar-refractivity contribution in [1.29, 1.82) is 0 Å². The zero-order chi connectivity index (χ0) is 20.5. The van der Waals surface area contributed by atoms with Gasteiger partial charge in [-0.3, -0.25) is 0 Å². The lowest BCUT2D eigenvalue weighted by atomic mass is 9.59. The minimum Gasteiger partial charge on any atom is -0.246 e. The average molecular weight is 396 g/mol. The summed E-state index contributed by atoms with van der Waals surface area (Å²) in [6.45, 7) is 4.00. The Balaban J connectivity index is 1.67. The molecule has 2 aromatic heterocycles. The first-order chi connectivity index (χ1) is 13.6. The van der Waals surface area contributed by atoms with Crippen molar-refractivity contribution in [2.75, 3.05) is 0 Å². The van der Waals surface area contributed by atoms with Crippen molar-refractivity contribution in [1.82, 2.24) is 27.9 Å². The fraction of sp³-hybridized carbons (Fsp3) is 0.579. The molecule has 4 heterocycles. The van der Waals surface area contributed by atoms with E-state index in [4.69, 9.17) is 0 Å². The second kappa shape index (κ2) is 3.73. The van der Waals surface area contributed by atoms with Gasteiger partial charge in [-0.15, -0.1) is 0 Å². The lowest BCUT2D eigenvalue weighted by Crippen LogP contribution is -2.53. The van der Waals surface area contributed by atoms with E-state index in [0.29, 0.717) is 0 Å². The van der Waals surface area contributed by atoms with Crippen LogP contribution in [0.3, 0.4) is 0 Å². The van der Waals surface area contributed by atoms with E-state index in [0.717, 1.165) is 15.6 Å². The van der Waals surface area contributed by atoms with Crippen LogP contribution in [0.4, 0.5) is 0 Å². The van der Waals surface area contributed by atoms with E-state index in [-0.39, 0.29) is 34.8 Å². The number of fused-ring (bicyclic) bond motifs is 6. The largest absolute Gasteiger partial charge is 0.347 e. The summed E-state index contributed by atoms with van der Waals surface area (Å²) in [6.07, 6.45) is 8.59. The van der Waals surface area contributed by atoms with Crippen molar-refractivity contribution < 1.29 is 0 Å². The Hall–Kier alpha value is -3.04. The molecule has 0 aromatic carbocycles. The normalized spacial score (nSPS) is 43.9. The van der Waals surface area contributed by atoms with Crippen LogP contribution in [0.5, 0.6) is 0 Å². The Morgan fingerprint density at radius 2 is 1.10 bits per heavy atom. The van der Waals surface area contributed by atoms with Crippen LogP contribution in [0.2, 0.25) is 0 Å². The van der Waals surface area contributed by atoms with Crippen molar-refractivity contribution in [3.05, 3.63) is 66.2 Å². The van der Waals surface area contributed by atoms with Crippen LogP contribution in [-0.4, -0.2) is 27.9 Å². The molecular formula is C19H20N6O4. The van der Waals surface area contributed by atoms with E-state index in [1.165, 1.54) is 14.1 Å². The second-order valence-corrected chi connectivity index (χ2v) is 9.58. The first kappa shape index (κ1) is 15.8. The molecule has 2 aromatic rings. The molecule has 150 valence electrons. The highest BCUT2D eigenvalue weighted by Gasteiger charge is 2.92.